The Bertz CT molecular complexity index is 545. The van der Waals surface area contributed by atoms with Crippen LogP contribution in [0, 0.1) is 0 Å². The van der Waals surface area contributed by atoms with E-state index in [-0.39, 0.29) is 5.56 Å². The zero-order chi connectivity index (χ0) is 12.3. The van der Waals surface area contributed by atoms with Gasteiger partial charge < -0.3 is 5.11 Å². The third-order valence-electron chi connectivity index (χ3n) is 1.93. The highest BCUT2D eigenvalue weighted by Gasteiger charge is 2.11. The Morgan fingerprint density at radius 2 is 2.12 bits per heavy atom. The van der Waals surface area contributed by atoms with E-state index in [2.05, 4.69) is 9.97 Å². The Labute approximate surface area is 107 Å². The predicted molar refractivity (Wildman–Crippen MR) is 64.6 cm³/mol. The van der Waals surface area contributed by atoms with E-state index in [0.717, 1.165) is 0 Å². The van der Waals surface area contributed by atoms with Crippen LogP contribution in [0.4, 0.5) is 0 Å². The largest absolute Gasteiger partial charge is 0.478 e. The van der Waals surface area contributed by atoms with Crippen LogP contribution in [0.3, 0.4) is 0 Å². The molecule has 0 spiro atoms. The number of aromatic carboxylic acids is 1. The van der Waals surface area contributed by atoms with Gasteiger partial charge in [-0.15, -0.1) is 0 Å². The number of hydrogen-bond donors (Lipinski definition) is 1. The number of aromatic nitrogens is 2. The number of pyridine rings is 2. The van der Waals surface area contributed by atoms with Crippen LogP contribution in [-0.4, -0.2) is 21.0 Å². The average molecular weight is 267 g/mol. The van der Waals surface area contributed by atoms with Gasteiger partial charge in [0.15, 0.2) is 0 Å². The van der Waals surface area contributed by atoms with Gasteiger partial charge in [0.25, 0.3) is 0 Å². The maximum absolute atomic E-state index is 11.0. The van der Waals surface area contributed by atoms with Gasteiger partial charge in [-0.1, -0.05) is 23.4 Å². The molecular formula is C11H7ClN2O2S. The summed E-state index contributed by atoms with van der Waals surface area (Å²) < 4.78 is 0. The van der Waals surface area contributed by atoms with Gasteiger partial charge in [-0.2, -0.15) is 0 Å². The predicted octanol–water partition coefficient (Wildman–Crippen LogP) is 2.98. The molecule has 4 nitrogen and oxygen atoms in total. The second-order valence-electron chi connectivity index (χ2n) is 3.09. The van der Waals surface area contributed by atoms with Gasteiger partial charge in [0.05, 0.1) is 10.6 Å². The second-order valence-corrected chi connectivity index (χ2v) is 4.59. The zero-order valence-corrected chi connectivity index (χ0v) is 10.1. The molecule has 0 saturated carbocycles. The minimum Gasteiger partial charge on any atom is -0.478 e. The van der Waals surface area contributed by atoms with Crippen molar-refractivity contribution in [3.8, 4) is 0 Å². The first-order valence-electron chi connectivity index (χ1n) is 4.63. The van der Waals surface area contributed by atoms with Gasteiger partial charge >= 0.3 is 5.97 Å². The molecule has 1 N–H and O–H groups in total. The Morgan fingerprint density at radius 1 is 1.29 bits per heavy atom. The topological polar surface area (TPSA) is 63.1 Å². The summed E-state index contributed by atoms with van der Waals surface area (Å²) in [5.41, 5.74) is 0.161. The summed E-state index contributed by atoms with van der Waals surface area (Å²) >= 11 is 6.98. The number of nitrogens with zero attached hydrogens (tertiary/aromatic N) is 2. The fraction of sp³-hybridized carbons (Fsp3) is 0. The van der Waals surface area contributed by atoms with Crippen LogP contribution >= 0.6 is 23.4 Å². The van der Waals surface area contributed by atoms with Gasteiger partial charge in [-0.05, 0) is 18.2 Å². The molecule has 0 saturated heterocycles. The van der Waals surface area contributed by atoms with E-state index < -0.39 is 5.97 Å². The highest BCUT2D eigenvalue weighted by molar-refractivity contribution is 7.99. The lowest BCUT2D eigenvalue weighted by molar-refractivity contribution is 0.0692. The fourth-order valence-electron chi connectivity index (χ4n) is 1.17. The monoisotopic (exact) mass is 266 g/mol. The molecule has 0 aliphatic carbocycles. The van der Waals surface area contributed by atoms with E-state index in [9.17, 15) is 4.79 Å². The minimum absolute atomic E-state index is 0.161. The number of rotatable bonds is 3. The third kappa shape index (κ3) is 2.95. The second kappa shape index (κ2) is 5.16. The Balaban J connectivity index is 2.30. The smallest absolute Gasteiger partial charge is 0.338 e. The quantitative estimate of drug-likeness (QED) is 0.925. The summed E-state index contributed by atoms with van der Waals surface area (Å²) in [5, 5.41) is 10.2. The number of carbonyl (C=O) groups is 1. The van der Waals surface area contributed by atoms with Gasteiger partial charge in [-0.25, -0.2) is 9.78 Å². The third-order valence-corrected chi connectivity index (χ3v) is 3.18. The first-order chi connectivity index (χ1) is 8.16. The molecule has 2 aromatic heterocycles. The average Bonchev–Trinajstić information content (AvgIpc) is 2.32. The summed E-state index contributed by atoms with van der Waals surface area (Å²) in [6.07, 6.45) is 4.39. The normalized spacial score (nSPS) is 10.2. The maximum atomic E-state index is 11.0. The molecule has 2 aromatic rings. The zero-order valence-electron chi connectivity index (χ0n) is 8.50. The van der Waals surface area contributed by atoms with Crippen molar-refractivity contribution in [2.24, 2.45) is 0 Å². The van der Waals surface area contributed by atoms with Gasteiger partial charge in [0.1, 0.15) is 5.03 Å². The molecule has 17 heavy (non-hydrogen) atoms. The van der Waals surface area contributed by atoms with Crippen LogP contribution < -0.4 is 0 Å². The van der Waals surface area contributed by atoms with Crippen molar-refractivity contribution in [1.82, 2.24) is 9.97 Å². The van der Waals surface area contributed by atoms with Crippen molar-refractivity contribution in [3.05, 3.63) is 47.4 Å². The van der Waals surface area contributed by atoms with Crippen molar-refractivity contribution in [2.75, 3.05) is 0 Å². The fourth-order valence-corrected chi connectivity index (χ4v) is 2.12. The molecule has 86 valence electrons. The first kappa shape index (κ1) is 11.9. The SMILES string of the molecule is O=C(O)c1cnccc1Sc1ccc(Cl)cn1. The summed E-state index contributed by atoms with van der Waals surface area (Å²) in [6, 6.07) is 5.09. The standard InChI is InChI=1S/C11H7ClN2O2S/c12-7-1-2-10(14-5-7)17-9-3-4-13-6-8(9)11(15)16/h1-6H,(H,15,16). The van der Waals surface area contributed by atoms with E-state index >= 15 is 0 Å². The molecule has 0 bridgehead atoms. The summed E-state index contributed by atoms with van der Waals surface area (Å²) in [7, 11) is 0. The van der Waals surface area contributed by atoms with E-state index in [1.807, 2.05) is 0 Å². The first-order valence-corrected chi connectivity index (χ1v) is 5.83. The molecule has 0 radical (unpaired) electrons. The summed E-state index contributed by atoms with van der Waals surface area (Å²) in [4.78, 5) is 19.4. The lowest BCUT2D eigenvalue weighted by atomic mass is 10.3. The van der Waals surface area contributed by atoms with E-state index in [0.29, 0.717) is 14.9 Å². The van der Waals surface area contributed by atoms with E-state index in [4.69, 9.17) is 16.7 Å². The summed E-state index contributed by atoms with van der Waals surface area (Å²) in [6.45, 7) is 0. The van der Waals surface area contributed by atoms with Gasteiger partial charge in [0, 0.05) is 23.5 Å². The van der Waals surface area contributed by atoms with Crippen LogP contribution in [0.2, 0.25) is 5.02 Å². The Hall–Kier alpha value is -1.59. The van der Waals surface area contributed by atoms with E-state index in [1.54, 1.807) is 24.4 Å². The highest BCUT2D eigenvalue weighted by Crippen LogP contribution is 2.28. The van der Waals surface area contributed by atoms with Crippen molar-refractivity contribution in [1.29, 1.82) is 0 Å². The number of halogens is 1. The number of hydrogen-bond acceptors (Lipinski definition) is 4. The van der Waals surface area contributed by atoms with Crippen molar-refractivity contribution >= 4 is 29.3 Å². The van der Waals surface area contributed by atoms with Crippen LogP contribution in [0.15, 0.2) is 46.7 Å². The molecule has 0 amide bonds. The molecule has 0 unspecified atom stereocenters. The summed E-state index contributed by atoms with van der Waals surface area (Å²) in [5.74, 6) is -1.01. The Kier molecular flexibility index (Phi) is 3.61. The minimum atomic E-state index is -1.01. The molecular weight excluding hydrogens is 260 g/mol. The molecule has 0 atom stereocenters. The Morgan fingerprint density at radius 3 is 2.76 bits per heavy atom. The molecule has 2 heterocycles. The highest BCUT2D eigenvalue weighted by atomic mass is 35.5. The van der Waals surface area contributed by atoms with Crippen molar-refractivity contribution < 1.29 is 9.90 Å². The lowest BCUT2D eigenvalue weighted by Crippen LogP contribution is -1.99. The van der Waals surface area contributed by atoms with Crippen LogP contribution in [0.5, 0.6) is 0 Å². The lowest BCUT2D eigenvalue weighted by Gasteiger charge is -2.03. The van der Waals surface area contributed by atoms with Gasteiger partial charge in [0.2, 0.25) is 0 Å². The van der Waals surface area contributed by atoms with Crippen LogP contribution in [0.25, 0.3) is 0 Å². The van der Waals surface area contributed by atoms with Crippen LogP contribution in [-0.2, 0) is 0 Å². The molecule has 6 heteroatoms. The van der Waals surface area contributed by atoms with Crippen molar-refractivity contribution in [3.63, 3.8) is 0 Å². The molecule has 0 aliphatic rings. The molecule has 0 aliphatic heterocycles. The number of carboxylic acid groups (broad SMARTS) is 1. The van der Waals surface area contributed by atoms with Crippen LogP contribution in [0.1, 0.15) is 10.4 Å². The van der Waals surface area contributed by atoms with Crippen molar-refractivity contribution in [2.45, 2.75) is 9.92 Å². The molecule has 0 fully saturated rings. The molecule has 0 aromatic carbocycles. The number of carboxylic acids is 1. The molecule has 2 rings (SSSR count). The van der Waals surface area contributed by atoms with E-state index in [1.165, 1.54) is 24.2 Å². The maximum Gasteiger partial charge on any atom is 0.338 e. The van der Waals surface area contributed by atoms with Gasteiger partial charge in [-0.3, -0.25) is 4.98 Å².